The number of nitrogens with zero attached hydrogens (tertiary/aromatic N) is 5. The van der Waals surface area contributed by atoms with Crippen molar-refractivity contribution < 1.29 is 0 Å². The summed E-state index contributed by atoms with van der Waals surface area (Å²) < 4.78 is 0. The number of aromatic nitrogens is 5. The predicted octanol–water partition coefficient (Wildman–Crippen LogP) is 8.66. The highest BCUT2D eigenvalue weighted by Crippen LogP contribution is 2.29. The van der Waals surface area contributed by atoms with Crippen molar-refractivity contribution in [2.24, 2.45) is 0 Å². The second-order valence-electron chi connectivity index (χ2n) is 9.87. The molecule has 4 aromatic carbocycles. The van der Waals surface area contributed by atoms with Gasteiger partial charge in [0.05, 0.1) is 5.69 Å². The van der Waals surface area contributed by atoms with Crippen LogP contribution in [0.1, 0.15) is 0 Å². The minimum absolute atomic E-state index is 0.611. The Labute approximate surface area is 244 Å². The van der Waals surface area contributed by atoms with Crippen LogP contribution in [-0.2, 0) is 0 Å². The lowest BCUT2D eigenvalue weighted by Gasteiger charge is -2.10. The zero-order chi connectivity index (χ0) is 28.1. The number of rotatable bonds is 6. The summed E-state index contributed by atoms with van der Waals surface area (Å²) in [6.45, 7) is 0. The molecule has 0 N–H and O–H groups in total. The maximum absolute atomic E-state index is 4.94. The van der Waals surface area contributed by atoms with Crippen molar-refractivity contribution in [2.75, 3.05) is 0 Å². The van der Waals surface area contributed by atoms with Gasteiger partial charge in [0.15, 0.2) is 17.5 Å². The van der Waals surface area contributed by atoms with E-state index in [-0.39, 0.29) is 0 Å². The highest BCUT2D eigenvalue weighted by Gasteiger charge is 2.13. The highest BCUT2D eigenvalue weighted by atomic mass is 15.0. The van der Waals surface area contributed by atoms with Crippen LogP contribution in [-0.4, -0.2) is 24.9 Å². The van der Waals surface area contributed by atoms with Gasteiger partial charge >= 0.3 is 0 Å². The molecule has 0 aliphatic rings. The molecular formula is C37H25N5. The molecule has 5 heteroatoms. The normalized spacial score (nSPS) is 10.9. The SMILES string of the molecule is c1ccc(-c2ccc(-c3nc(-c4ccccc4)nc(-c4cccc(-c5ccc(-c6cccnc6)cn5)c4)n3)cc2)cc1. The van der Waals surface area contributed by atoms with Gasteiger partial charge in [-0.05, 0) is 29.3 Å². The van der Waals surface area contributed by atoms with E-state index in [0.717, 1.165) is 44.6 Å². The summed E-state index contributed by atoms with van der Waals surface area (Å²) in [5.41, 5.74) is 9.00. The zero-order valence-electron chi connectivity index (χ0n) is 22.7. The highest BCUT2D eigenvalue weighted by molar-refractivity contribution is 5.73. The fourth-order valence-corrected chi connectivity index (χ4v) is 4.88. The fraction of sp³-hybridized carbons (Fsp3) is 0. The second kappa shape index (κ2) is 11.4. The van der Waals surface area contributed by atoms with Crippen LogP contribution in [0.2, 0.25) is 0 Å². The van der Waals surface area contributed by atoms with Gasteiger partial charge in [0.1, 0.15) is 0 Å². The molecular weight excluding hydrogens is 514 g/mol. The predicted molar refractivity (Wildman–Crippen MR) is 168 cm³/mol. The molecule has 0 aliphatic heterocycles. The molecule has 0 aliphatic carbocycles. The van der Waals surface area contributed by atoms with E-state index in [1.54, 1.807) is 6.20 Å². The molecule has 0 fully saturated rings. The summed E-state index contributed by atoms with van der Waals surface area (Å²) in [4.78, 5) is 23.7. The van der Waals surface area contributed by atoms with E-state index >= 15 is 0 Å². The molecule has 0 spiro atoms. The van der Waals surface area contributed by atoms with E-state index in [0.29, 0.717) is 17.5 Å². The zero-order valence-corrected chi connectivity index (χ0v) is 22.7. The molecule has 0 bridgehead atoms. The van der Waals surface area contributed by atoms with Gasteiger partial charge in [0.2, 0.25) is 0 Å². The van der Waals surface area contributed by atoms with Gasteiger partial charge in [-0.1, -0.05) is 115 Å². The van der Waals surface area contributed by atoms with Gasteiger partial charge in [-0.2, -0.15) is 0 Å². The maximum Gasteiger partial charge on any atom is 0.164 e. The first-order chi connectivity index (χ1) is 20.8. The topological polar surface area (TPSA) is 64.5 Å². The Morgan fingerprint density at radius 3 is 1.48 bits per heavy atom. The molecule has 7 aromatic rings. The Kier molecular flexibility index (Phi) is 6.81. The van der Waals surface area contributed by atoms with Gasteiger partial charge < -0.3 is 0 Å². The third-order valence-corrected chi connectivity index (χ3v) is 7.09. The van der Waals surface area contributed by atoms with Crippen LogP contribution >= 0.6 is 0 Å². The third-order valence-electron chi connectivity index (χ3n) is 7.09. The Balaban J connectivity index is 1.27. The molecule has 198 valence electrons. The quantitative estimate of drug-likeness (QED) is 0.212. The largest absolute Gasteiger partial charge is 0.264 e. The van der Waals surface area contributed by atoms with E-state index in [4.69, 9.17) is 19.9 Å². The first-order valence-electron chi connectivity index (χ1n) is 13.7. The Hall–Kier alpha value is -5.81. The lowest BCUT2D eigenvalue weighted by atomic mass is 10.0. The van der Waals surface area contributed by atoms with Crippen LogP contribution in [0.4, 0.5) is 0 Å². The first kappa shape index (κ1) is 25.2. The third kappa shape index (κ3) is 5.31. The molecule has 7 rings (SSSR count). The molecule has 3 heterocycles. The first-order valence-corrected chi connectivity index (χ1v) is 13.7. The van der Waals surface area contributed by atoms with E-state index in [1.807, 2.05) is 91.3 Å². The number of hydrogen-bond donors (Lipinski definition) is 0. The minimum atomic E-state index is 0.611. The van der Waals surface area contributed by atoms with Crippen molar-refractivity contribution in [2.45, 2.75) is 0 Å². The lowest BCUT2D eigenvalue weighted by molar-refractivity contribution is 1.07. The van der Waals surface area contributed by atoms with Crippen LogP contribution in [0.15, 0.2) is 152 Å². The molecule has 0 atom stereocenters. The van der Waals surface area contributed by atoms with Crippen molar-refractivity contribution in [1.82, 2.24) is 24.9 Å². The molecule has 3 aromatic heterocycles. The van der Waals surface area contributed by atoms with E-state index < -0.39 is 0 Å². The monoisotopic (exact) mass is 539 g/mol. The average Bonchev–Trinajstić information content (AvgIpc) is 3.09. The molecule has 0 saturated heterocycles. The van der Waals surface area contributed by atoms with Gasteiger partial charge in [0.25, 0.3) is 0 Å². The van der Waals surface area contributed by atoms with E-state index in [9.17, 15) is 0 Å². The van der Waals surface area contributed by atoms with Crippen molar-refractivity contribution >= 4 is 0 Å². The van der Waals surface area contributed by atoms with E-state index in [1.165, 1.54) is 5.56 Å². The fourth-order valence-electron chi connectivity index (χ4n) is 4.88. The smallest absolute Gasteiger partial charge is 0.164 e. The van der Waals surface area contributed by atoms with Crippen molar-refractivity contribution in [3.8, 4) is 67.7 Å². The summed E-state index contributed by atoms with van der Waals surface area (Å²) >= 11 is 0. The second-order valence-corrected chi connectivity index (χ2v) is 9.87. The molecule has 0 amide bonds. The standard InChI is InChI=1S/C37H25N5/c1-3-9-26(10-4-1)27-16-18-29(19-17-27)36-40-35(28-11-5-2-6-12-28)41-37(42-36)31-14-7-13-30(23-31)34-21-20-33(25-39-34)32-15-8-22-38-24-32/h1-25H. The van der Waals surface area contributed by atoms with Gasteiger partial charge in [-0.25, -0.2) is 15.0 Å². The summed E-state index contributed by atoms with van der Waals surface area (Å²) in [5.74, 6) is 1.87. The number of hydrogen-bond acceptors (Lipinski definition) is 5. The molecule has 0 unspecified atom stereocenters. The van der Waals surface area contributed by atoms with Crippen LogP contribution in [0.5, 0.6) is 0 Å². The Bertz CT molecular complexity index is 1940. The summed E-state index contributed by atoms with van der Waals surface area (Å²) in [7, 11) is 0. The maximum atomic E-state index is 4.94. The van der Waals surface area contributed by atoms with Gasteiger partial charge in [-0.15, -0.1) is 0 Å². The Morgan fingerprint density at radius 2 is 0.833 bits per heavy atom. The molecule has 42 heavy (non-hydrogen) atoms. The number of pyridine rings is 2. The van der Waals surface area contributed by atoms with Crippen molar-refractivity contribution in [1.29, 1.82) is 0 Å². The van der Waals surface area contributed by atoms with E-state index in [2.05, 4.69) is 59.6 Å². The van der Waals surface area contributed by atoms with Crippen LogP contribution < -0.4 is 0 Å². The number of benzene rings is 4. The molecule has 0 saturated carbocycles. The lowest BCUT2D eigenvalue weighted by Crippen LogP contribution is -2.00. The summed E-state index contributed by atoms with van der Waals surface area (Å²) in [5, 5.41) is 0. The van der Waals surface area contributed by atoms with Gasteiger partial charge in [0, 0.05) is 52.0 Å². The van der Waals surface area contributed by atoms with Crippen molar-refractivity contribution in [3.05, 3.63) is 152 Å². The summed E-state index contributed by atoms with van der Waals surface area (Å²) in [6, 6.07) is 45.0. The van der Waals surface area contributed by atoms with Gasteiger partial charge in [-0.3, -0.25) is 9.97 Å². The summed E-state index contributed by atoms with van der Waals surface area (Å²) in [6.07, 6.45) is 5.49. The van der Waals surface area contributed by atoms with Crippen molar-refractivity contribution in [3.63, 3.8) is 0 Å². The Morgan fingerprint density at radius 1 is 0.333 bits per heavy atom. The van der Waals surface area contributed by atoms with Crippen LogP contribution in [0, 0.1) is 0 Å². The molecule has 0 radical (unpaired) electrons. The molecule has 5 nitrogen and oxygen atoms in total. The minimum Gasteiger partial charge on any atom is -0.264 e. The average molecular weight is 540 g/mol. The van der Waals surface area contributed by atoms with Crippen LogP contribution in [0.25, 0.3) is 67.7 Å². The van der Waals surface area contributed by atoms with Crippen LogP contribution in [0.3, 0.4) is 0 Å².